The van der Waals surface area contributed by atoms with Crippen molar-refractivity contribution in [2.45, 2.75) is 95.5 Å². The Morgan fingerprint density at radius 3 is 2.24 bits per heavy atom. The summed E-state index contributed by atoms with van der Waals surface area (Å²) in [7, 11) is 0. The summed E-state index contributed by atoms with van der Waals surface area (Å²) >= 11 is 0. The molecule has 2 aliphatic carbocycles. The summed E-state index contributed by atoms with van der Waals surface area (Å²) in [4.78, 5) is 40.9. The first-order chi connectivity index (χ1) is 15.7. The number of nitrogens with one attached hydrogen (secondary N) is 2. The van der Waals surface area contributed by atoms with Gasteiger partial charge in [-0.05, 0) is 52.0 Å². The van der Waals surface area contributed by atoms with Crippen molar-refractivity contribution >= 4 is 17.9 Å². The van der Waals surface area contributed by atoms with Gasteiger partial charge in [-0.2, -0.15) is 0 Å². The molecule has 8 nitrogen and oxygen atoms in total. The van der Waals surface area contributed by atoms with Gasteiger partial charge in [-0.15, -0.1) is 0 Å². The van der Waals surface area contributed by atoms with E-state index in [0.29, 0.717) is 5.56 Å². The zero-order valence-corrected chi connectivity index (χ0v) is 19.9. The van der Waals surface area contributed by atoms with Crippen LogP contribution >= 0.6 is 0 Å². The first kappa shape index (κ1) is 25.0. The van der Waals surface area contributed by atoms with E-state index in [0.717, 1.165) is 38.5 Å². The minimum atomic E-state index is -1.20. The fourth-order valence-corrected chi connectivity index (χ4v) is 4.29. The molecule has 1 aromatic carbocycles. The van der Waals surface area contributed by atoms with Gasteiger partial charge < -0.3 is 25.4 Å². The van der Waals surface area contributed by atoms with Crippen molar-refractivity contribution in [3.63, 3.8) is 0 Å². The van der Waals surface area contributed by atoms with Crippen LogP contribution in [0.5, 0.6) is 0 Å². The van der Waals surface area contributed by atoms with Crippen molar-refractivity contribution in [3.05, 3.63) is 35.9 Å². The molecule has 0 heterocycles. The number of aliphatic hydroxyl groups excluding tert-OH is 1. The molecular weight excluding hydrogens is 422 g/mol. The summed E-state index contributed by atoms with van der Waals surface area (Å²) in [5, 5.41) is 15.6. The van der Waals surface area contributed by atoms with Crippen molar-refractivity contribution in [2.75, 3.05) is 6.61 Å². The van der Waals surface area contributed by atoms with Crippen LogP contribution in [0.1, 0.15) is 77.3 Å². The number of hydrogen-bond donors (Lipinski definition) is 3. The smallest absolute Gasteiger partial charge is 0.408 e. The molecule has 0 bridgehead atoms. The highest BCUT2D eigenvalue weighted by Gasteiger charge is 2.44. The SMILES string of the molecule is CC(C)(C)OC(=O)NC(CO)C(=O)N(C1CC1)C(C(=O)NC1CCCCC1)c1ccccc1. The fraction of sp³-hybridized carbons (Fsp3) is 0.640. The van der Waals surface area contributed by atoms with Gasteiger partial charge in [-0.25, -0.2) is 4.79 Å². The molecule has 2 aliphatic rings. The third-order valence-electron chi connectivity index (χ3n) is 5.96. The highest BCUT2D eigenvalue weighted by Crippen LogP contribution is 2.36. The van der Waals surface area contributed by atoms with E-state index < -0.39 is 36.3 Å². The van der Waals surface area contributed by atoms with Crippen LogP contribution in [-0.2, 0) is 14.3 Å². The lowest BCUT2D eigenvalue weighted by Gasteiger charge is -2.35. The number of benzene rings is 1. The predicted octanol–water partition coefficient (Wildman–Crippen LogP) is 3.05. The lowest BCUT2D eigenvalue weighted by atomic mass is 9.94. The minimum Gasteiger partial charge on any atom is -0.444 e. The second kappa shape index (κ2) is 11.0. The number of amides is 3. The lowest BCUT2D eigenvalue weighted by Crippen LogP contribution is -2.55. The molecule has 0 spiro atoms. The third-order valence-corrected chi connectivity index (χ3v) is 5.96. The highest BCUT2D eigenvalue weighted by atomic mass is 16.6. The minimum absolute atomic E-state index is 0.0992. The van der Waals surface area contributed by atoms with Crippen LogP contribution in [0.2, 0.25) is 0 Å². The lowest BCUT2D eigenvalue weighted by molar-refractivity contribution is -0.144. The molecule has 0 aromatic heterocycles. The average Bonchev–Trinajstić information content (AvgIpc) is 3.60. The van der Waals surface area contributed by atoms with Crippen LogP contribution in [0.3, 0.4) is 0 Å². The van der Waals surface area contributed by atoms with Crippen LogP contribution in [0.4, 0.5) is 4.79 Å². The second-order valence-corrected chi connectivity index (χ2v) is 10.0. The van der Waals surface area contributed by atoms with E-state index in [4.69, 9.17) is 4.74 Å². The molecule has 3 N–H and O–H groups in total. The molecule has 33 heavy (non-hydrogen) atoms. The van der Waals surface area contributed by atoms with Gasteiger partial charge in [-0.1, -0.05) is 49.6 Å². The Bertz CT molecular complexity index is 813. The Labute approximate surface area is 196 Å². The molecule has 3 rings (SSSR count). The molecule has 0 radical (unpaired) electrons. The Morgan fingerprint density at radius 2 is 1.70 bits per heavy atom. The van der Waals surface area contributed by atoms with Crippen LogP contribution < -0.4 is 10.6 Å². The zero-order valence-electron chi connectivity index (χ0n) is 19.9. The first-order valence-electron chi connectivity index (χ1n) is 12.0. The maximum Gasteiger partial charge on any atom is 0.408 e. The van der Waals surface area contributed by atoms with E-state index in [1.165, 1.54) is 6.42 Å². The Morgan fingerprint density at radius 1 is 1.06 bits per heavy atom. The largest absolute Gasteiger partial charge is 0.444 e. The van der Waals surface area contributed by atoms with Gasteiger partial charge in [-0.3, -0.25) is 9.59 Å². The Hall–Kier alpha value is -2.61. The normalized spacial score (nSPS) is 18.7. The molecular formula is C25H37N3O5. The van der Waals surface area contributed by atoms with Gasteiger partial charge in [0.2, 0.25) is 11.8 Å². The summed E-state index contributed by atoms with van der Waals surface area (Å²) in [6.07, 6.45) is 5.97. The van der Waals surface area contributed by atoms with Gasteiger partial charge >= 0.3 is 6.09 Å². The maximum absolute atomic E-state index is 13.6. The van der Waals surface area contributed by atoms with Crippen LogP contribution in [0.15, 0.2) is 30.3 Å². The van der Waals surface area contributed by atoms with Crippen LogP contribution in [0.25, 0.3) is 0 Å². The maximum atomic E-state index is 13.6. The van der Waals surface area contributed by atoms with Gasteiger partial charge in [0.15, 0.2) is 0 Å². The average molecular weight is 460 g/mol. The van der Waals surface area contributed by atoms with Crippen LogP contribution in [-0.4, -0.2) is 58.2 Å². The molecule has 3 amide bonds. The van der Waals surface area contributed by atoms with Crippen molar-refractivity contribution < 1.29 is 24.2 Å². The quantitative estimate of drug-likeness (QED) is 0.554. The number of rotatable bonds is 8. The number of carbonyl (C=O) groups excluding carboxylic acids is 3. The summed E-state index contributed by atoms with van der Waals surface area (Å²) in [5.41, 5.74) is -0.0320. The molecule has 182 valence electrons. The number of carbonyl (C=O) groups is 3. The van der Waals surface area contributed by atoms with Gasteiger partial charge in [0, 0.05) is 12.1 Å². The molecule has 0 saturated heterocycles. The van der Waals surface area contributed by atoms with Crippen molar-refractivity contribution in [3.8, 4) is 0 Å². The van der Waals surface area contributed by atoms with E-state index in [1.54, 1.807) is 25.7 Å². The Balaban J connectivity index is 1.84. The molecule has 1 aromatic rings. The second-order valence-electron chi connectivity index (χ2n) is 10.0. The summed E-state index contributed by atoms with van der Waals surface area (Å²) in [5.74, 6) is -0.708. The number of nitrogens with zero attached hydrogens (tertiary/aromatic N) is 1. The van der Waals surface area contributed by atoms with Crippen molar-refractivity contribution in [1.82, 2.24) is 15.5 Å². The van der Waals surface area contributed by atoms with Crippen molar-refractivity contribution in [2.24, 2.45) is 0 Å². The van der Waals surface area contributed by atoms with E-state index in [1.807, 2.05) is 30.3 Å². The zero-order chi connectivity index (χ0) is 24.0. The molecule has 2 saturated carbocycles. The van der Waals surface area contributed by atoms with E-state index in [-0.39, 0.29) is 18.0 Å². The summed E-state index contributed by atoms with van der Waals surface area (Å²) in [6.45, 7) is 4.58. The number of ether oxygens (including phenoxy) is 1. The van der Waals surface area contributed by atoms with Crippen molar-refractivity contribution in [1.29, 1.82) is 0 Å². The third kappa shape index (κ3) is 7.19. The van der Waals surface area contributed by atoms with Gasteiger partial charge in [0.05, 0.1) is 6.61 Å². The topological polar surface area (TPSA) is 108 Å². The molecule has 2 unspecified atom stereocenters. The molecule has 2 fully saturated rings. The first-order valence-corrected chi connectivity index (χ1v) is 12.0. The fourth-order valence-electron chi connectivity index (χ4n) is 4.29. The molecule has 0 aliphatic heterocycles. The summed E-state index contributed by atoms with van der Waals surface area (Å²) in [6, 6.07) is 7.17. The van der Waals surface area contributed by atoms with Gasteiger partial charge in [0.25, 0.3) is 0 Å². The number of hydrogen-bond acceptors (Lipinski definition) is 5. The molecule has 8 heteroatoms. The van der Waals surface area contributed by atoms with Gasteiger partial charge in [0.1, 0.15) is 17.7 Å². The monoisotopic (exact) mass is 459 g/mol. The van der Waals surface area contributed by atoms with E-state index >= 15 is 0 Å². The molecule has 2 atom stereocenters. The predicted molar refractivity (Wildman–Crippen MR) is 124 cm³/mol. The highest BCUT2D eigenvalue weighted by molar-refractivity contribution is 5.92. The summed E-state index contributed by atoms with van der Waals surface area (Å²) < 4.78 is 5.26. The van der Waals surface area contributed by atoms with E-state index in [9.17, 15) is 19.5 Å². The Kier molecular flexibility index (Phi) is 8.35. The number of alkyl carbamates (subject to hydrolysis) is 1. The number of aliphatic hydroxyl groups is 1. The standard InChI is InChI=1S/C25H37N3O5/c1-25(2,3)33-24(32)27-20(16-29)23(31)28(19-14-15-19)21(17-10-6-4-7-11-17)22(30)26-18-12-8-5-9-13-18/h4,6-7,10-11,18-21,29H,5,8-9,12-16H2,1-3H3,(H,26,30)(H,27,32). The van der Waals surface area contributed by atoms with Crippen LogP contribution in [0, 0.1) is 0 Å². The van der Waals surface area contributed by atoms with E-state index in [2.05, 4.69) is 10.6 Å².